The van der Waals surface area contributed by atoms with Crippen molar-refractivity contribution >= 4 is 56.8 Å². The van der Waals surface area contributed by atoms with Crippen LogP contribution in [0.25, 0.3) is 0 Å². The topological polar surface area (TPSA) is 49.4 Å². The van der Waals surface area contributed by atoms with Crippen molar-refractivity contribution in [1.29, 1.82) is 0 Å². The molecule has 1 aliphatic heterocycles. The minimum Gasteiger partial charge on any atom is -0.326 e. The number of nitrogens with zero attached hydrogens (tertiary/aromatic N) is 1. The van der Waals surface area contributed by atoms with Gasteiger partial charge >= 0.3 is 0 Å². The third kappa shape index (κ3) is 5.32. The number of anilines is 1. The highest BCUT2D eigenvalue weighted by atomic mass is 79.9. The number of hydrogen-bond acceptors (Lipinski definition) is 3. The van der Waals surface area contributed by atoms with Gasteiger partial charge in [-0.3, -0.25) is 9.59 Å². The number of amides is 2. The second kappa shape index (κ2) is 9.90. The van der Waals surface area contributed by atoms with Gasteiger partial charge in [-0.15, -0.1) is 11.8 Å². The number of nitrogens with one attached hydrogen (secondary N) is 1. The van der Waals surface area contributed by atoms with Gasteiger partial charge in [-0.1, -0.05) is 54.1 Å². The summed E-state index contributed by atoms with van der Waals surface area (Å²) >= 11 is 11.1. The van der Waals surface area contributed by atoms with Gasteiger partial charge in [-0.2, -0.15) is 0 Å². The quantitative estimate of drug-likeness (QED) is 0.427. The Bertz CT molecular complexity index is 1090. The highest BCUT2D eigenvalue weighted by molar-refractivity contribution is 9.10. The molecule has 0 unspecified atom stereocenters. The van der Waals surface area contributed by atoms with Gasteiger partial charge in [0, 0.05) is 22.3 Å². The van der Waals surface area contributed by atoms with Gasteiger partial charge < -0.3 is 10.2 Å². The van der Waals surface area contributed by atoms with E-state index in [4.69, 9.17) is 11.6 Å². The Morgan fingerprint density at radius 2 is 1.84 bits per heavy atom. The molecule has 0 radical (unpaired) electrons. The number of thioether (sulfide) groups is 1. The SMILES string of the molecule is O=C(Nc1ccc(Br)c(Cl)c1)c1ccc([C@H]2SCC(=O)N2CCc2ccccc2)cc1. The van der Waals surface area contributed by atoms with E-state index in [0.717, 1.165) is 16.5 Å². The van der Waals surface area contributed by atoms with E-state index in [-0.39, 0.29) is 17.2 Å². The molecule has 0 saturated carbocycles. The molecule has 0 bridgehead atoms. The molecule has 2 amide bonds. The lowest BCUT2D eigenvalue weighted by Crippen LogP contribution is -2.30. The monoisotopic (exact) mass is 514 g/mol. The van der Waals surface area contributed by atoms with Crippen molar-refractivity contribution in [2.45, 2.75) is 11.8 Å². The number of benzene rings is 3. The maximum atomic E-state index is 12.6. The average molecular weight is 516 g/mol. The van der Waals surface area contributed by atoms with Crippen LogP contribution in [0.5, 0.6) is 0 Å². The smallest absolute Gasteiger partial charge is 0.255 e. The molecule has 0 aromatic heterocycles. The van der Waals surface area contributed by atoms with Gasteiger partial charge in [0.05, 0.1) is 10.8 Å². The Kier molecular flexibility index (Phi) is 7.00. The second-order valence-corrected chi connectivity index (χ2v) is 9.52. The molecule has 0 spiro atoms. The zero-order chi connectivity index (χ0) is 21.8. The van der Waals surface area contributed by atoms with Crippen molar-refractivity contribution < 1.29 is 9.59 Å². The lowest BCUT2D eigenvalue weighted by atomic mass is 10.1. The molecule has 158 valence electrons. The molecular weight excluding hydrogens is 496 g/mol. The van der Waals surface area contributed by atoms with Gasteiger partial charge in [-0.25, -0.2) is 0 Å². The zero-order valence-electron chi connectivity index (χ0n) is 16.6. The maximum Gasteiger partial charge on any atom is 0.255 e. The fourth-order valence-corrected chi connectivity index (χ4v) is 5.09. The van der Waals surface area contributed by atoms with Gasteiger partial charge in [0.2, 0.25) is 5.91 Å². The van der Waals surface area contributed by atoms with Gasteiger partial charge in [0.15, 0.2) is 0 Å². The first-order chi connectivity index (χ1) is 15.0. The Labute approximate surface area is 199 Å². The number of carbonyl (C=O) groups excluding carboxylic acids is 2. The van der Waals surface area contributed by atoms with E-state index < -0.39 is 0 Å². The summed E-state index contributed by atoms with van der Waals surface area (Å²) in [5.41, 5.74) is 3.41. The van der Waals surface area contributed by atoms with E-state index in [1.807, 2.05) is 35.2 Å². The normalized spacial score (nSPS) is 15.9. The van der Waals surface area contributed by atoms with Crippen LogP contribution in [0.4, 0.5) is 5.69 Å². The lowest BCUT2D eigenvalue weighted by Gasteiger charge is -2.24. The highest BCUT2D eigenvalue weighted by Gasteiger charge is 2.32. The summed E-state index contributed by atoms with van der Waals surface area (Å²) in [6.45, 7) is 0.674. The molecule has 1 heterocycles. The minimum atomic E-state index is -0.207. The van der Waals surface area contributed by atoms with E-state index in [0.29, 0.717) is 28.6 Å². The molecule has 0 aliphatic carbocycles. The predicted molar refractivity (Wildman–Crippen MR) is 131 cm³/mol. The molecule has 1 fully saturated rings. The van der Waals surface area contributed by atoms with Crippen LogP contribution in [0.15, 0.2) is 77.3 Å². The lowest BCUT2D eigenvalue weighted by molar-refractivity contribution is -0.128. The van der Waals surface area contributed by atoms with E-state index in [1.165, 1.54) is 5.56 Å². The van der Waals surface area contributed by atoms with Crippen LogP contribution < -0.4 is 5.32 Å². The third-order valence-corrected chi connectivity index (χ3v) is 7.58. The molecule has 1 N–H and O–H groups in total. The first-order valence-corrected chi connectivity index (χ1v) is 12.0. The van der Waals surface area contributed by atoms with E-state index in [2.05, 4.69) is 33.4 Å². The van der Waals surface area contributed by atoms with Crippen LogP contribution in [-0.4, -0.2) is 29.0 Å². The third-order valence-electron chi connectivity index (χ3n) is 5.09. The maximum absolute atomic E-state index is 12.6. The predicted octanol–water partition coefficient (Wildman–Crippen LogP) is 6.17. The highest BCUT2D eigenvalue weighted by Crippen LogP contribution is 2.38. The van der Waals surface area contributed by atoms with Crippen molar-refractivity contribution in [2.24, 2.45) is 0 Å². The van der Waals surface area contributed by atoms with Crippen molar-refractivity contribution in [2.75, 3.05) is 17.6 Å². The van der Waals surface area contributed by atoms with Gasteiger partial charge in [0.25, 0.3) is 5.91 Å². The Morgan fingerprint density at radius 3 is 2.55 bits per heavy atom. The summed E-state index contributed by atoms with van der Waals surface area (Å²) in [5.74, 6) is 0.423. The summed E-state index contributed by atoms with van der Waals surface area (Å²) in [5, 5.41) is 3.36. The van der Waals surface area contributed by atoms with Crippen LogP contribution >= 0.6 is 39.3 Å². The van der Waals surface area contributed by atoms with Crippen molar-refractivity contribution in [1.82, 2.24) is 4.90 Å². The van der Waals surface area contributed by atoms with E-state index in [1.54, 1.807) is 42.1 Å². The molecule has 4 nitrogen and oxygen atoms in total. The first-order valence-electron chi connectivity index (χ1n) is 9.82. The molecule has 4 rings (SSSR count). The number of rotatable bonds is 6. The average Bonchev–Trinajstić information content (AvgIpc) is 3.16. The largest absolute Gasteiger partial charge is 0.326 e. The van der Waals surface area contributed by atoms with Crippen LogP contribution in [0, 0.1) is 0 Å². The van der Waals surface area contributed by atoms with Crippen LogP contribution in [0.1, 0.15) is 26.9 Å². The molecule has 1 saturated heterocycles. The molecule has 3 aromatic rings. The molecule has 1 atom stereocenters. The summed E-state index contributed by atoms with van der Waals surface area (Å²) in [6.07, 6.45) is 0.819. The van der Waals surface area contributed by atoms with Crippen LogP contribution in [0.3, 0.4) is 0 Å². The Morgan fingerprint density at radius 1 is 1.10 bits per heavy atom. The Hall–Kier alpha value is -2.28. The second-order valence-electron chi connectivity index (χ2n) is 7.19. The fraction of sp³-hybridized carbons (Fsp3) is 0.167. The van der Waals surface area contributed by atoms with Gasteiger partial charge in [0.1, 0.15) is 5.37 Å². The summed E-state index contributed by atoms with van der Waals surface area (Å²) < 4.78 is 0.775. The summed E-state index contributed by atoms with van der Waals surface area (Å²) in [7, 11) is 0. The van der Waals surface area contributed by atoms with Gasteiger partial charge in [-0.05, 0) is 63.8 Å². The standard InChI is InChI=1S/C24H20BrClN2O2S/c25-20-11-10-19(14-21(20)26)27-23(30)17-6-8-18(9-7-17)24-28(22(29)15-31-24)13-12-16-4-2-1-3-5-16/h1-11,14,24H,12-13,15H2,(H,27,30)/t24-/m1/s1. The minimum absolute atomic E-state index is 0.0291. The Balaban J connectivity index is 1.43. The summed E-state index contributed by atoms with van der Waals surface area (Å²) in [4.78, 5) is 26.9. The number of carbonyl (C=O) groups is 2. The molecule has 3 aromatic carbocycles. The van der Waals surface area contributed by atoms with Crippen molar-refractivity contribution in [3.63, 3.8) is 0 Å². The van der Waals surface area contributed by atoms with Crippen LogP contribution in [0.2, 0.25) is 5.02 Å². The molecular formula is C24H20BrClN2O2S. The van der Waals surface area contributed by atoms with Crippen LogP contribution in [-0.2, 0) is 11.2 Å². The van der Waals surface area contributed by atoms with Crippen molar-refractivity contribution in [3.8, 4) is 0 Å². The molecule has 31 heavy (non-hydrogen) atoms. The van der Waals surface area contributed by atoms with E-state index in [9.17, 15) is 9.59 Å². The number of hydrogen-bond donors (Lipinski definition) is 1. The fourth-order valence-electron chi connectivity index (χ4n) is 3.44. The van der Waals surface area contributed by atoms with Crippen molar-refractivity contribution in [3.05, 3.63) is 99.0 Å². The number of halogens is 2. The summed E-state index contributed by atoms with van der Waals surface area (Å²) in [6, 6.07) is 22.9. The zero-order valence-corrected chi connectivity index (χ0v) is 19.7. The first kappa shape index (κ1) is 21.9. The van der Waals surface area contributed by atoms with E-state index >= 15 is 0 Å². The molecule has 1 aliphatic rings. The molecule has 7 heteroatoms.